The second-order valence-electron chi connectivity index (χ2n) is 9.37. The van der Waals surface area contributed by atoms with Crippen LogP contribution in [0.25, 0.3) is 10.5 Å². The summed E-state index contributed by atoms with van der Waals surface area (Å²) >= 11 is 0. The summed E-state index contributed by atoms with van der Waals surface area (Å²) in [6, 6.07) is 25.8. The number of ether oxygens (including phenoxy) is 1. The molecule has 1 amide bonds. The molecule has 1 aromatic heterocycles. The Balaban J connectivity index is 1.22. The van der Waals surface area contributed by atoms with Crippen LogP contribution in [-0.2, 0) is 6.61 Å². The van der Waals surface area contributed by atoms with Crippen LogP contribution in [0, 0.1) is 13.5 Å². The lowest BCUT2D eigenvalue weighted by molar-refractivity contribution is 0.0934. The van der Waals surface area contributed by atoms with Crippen LogP contribution < -0.4 is 10.1 Å². The van der Waals surface area contributed by atoms with Crippen molar-refractivity contribution in [3.05, 3.63) is 143 Å². The molecule has 5 rings (SSSR count). The maximum absolute atomic E-state index is 13.3. The van der Waals surface area contributed by atoms with Crippen LogP contribution in [0.4, 0.5) is 5.69 Å². The van der Waals surface area contributed by atoms with Gasteiger partial charge in [0.1, 0.15) is 24.2 Å². The minimum Gasteiger partial charge on any atom is -0.489 e. The quantitative estimate of drug-likeness (QED) is 0.280. The first-order chi connectivity index (χ1) is 19.0. The molecule has 0 fully saturated rings. The molecular weight excluding hydrogens is 488 g/mol. The molecule has 1 heterocycles. The Morgan fingerprint density at radius 2 is 1.92 bits per heavy atom. The normalized spacial score (nSPS) is 15.2. The number of hydrogen-bond donors (Lipinski definition) is 2. The Bertz CT molecular complexity index is 1560. The van der Waals surface area contributed by atoms with Crippen LogP contribution in [0.2, 0.25) is 0 Å². The highest BCUT2D eigenvalue weighted by atomic mass is 16.5. The minimum atomic E-state index is -0.804. The topological polar surface area (TPSA) is 80.7 Å². The number of rotatable bonds is 8. The van der Waals surface area contributed by atoms with Gasteiger partial charge in [-0.25, -0.2) is 9.53 Å². The van der Waals surface area contributed by atoms with Crippen molar-refractivity contribution < 1.29 is 14.6 Å². The van der Waals surface area contributed by atoms with E-state index in [1.54, 1.807) is 28.9 Å². The van der Waals surface area contributed by atoms with Gasteiger partial charge >= 0.3 is 0 Å². The van der Waals surface area contributed by atoms with Gasteiger partial charge in [0.25, 0.3) is 5.91 Å². The van der Waals surface area contributed by atoms with E-state index in [1.807, 2.05) is 85.8 Å². The maximum atomic E-state index is 13.3. The second-order valence-corrected chi connectivity index (χ2v) is 9.37. The van der Waals surface area contributed by atoms with Crippen LogP contribution in [0.3, 0.4) is 0 Å². The number of benzene rings is 3. The van der Waals surface area contributed by atoms with Crippen LogP contribution >= 0.6 is 0 Å². The molecule has 7 nitrogen and oxygen atoms in total. The van der Waals surface area contributed by atoms with E-state index in [2.05, 4.69) is 15.3 Å². The van der Waals surface area contributed by atoms with Crippen LogP contribution in [0.15, 0.2) is 109 Å². The largest absolute Gasteiger partial charge is 0.489 e. The third kappa shape index (κ3) is 6.15. The summed E-state index contributed by atoms with van der Waals surface area (Å²) in [6.07, 6.45) is 5.31. The molecular formula is C32H28N4O3. The smallest absolute Gasteiger partial charge is 0.270 e. The summed E-state index contributed by atoms with van der Waals surface area (Å²) in [6.45, 7) is 9.57. The summed E-state index contributed by atoms with van der Waals surface area (Å²) in [5, 5.41) is 18.6. The van der Waals surface area contributed by atoms with E-state index in [0.29, 0.717) is 35.8 Å². The van der Waals surface area contributed by atoms with Crippen molar-refractivity contribution >= 4 is 11.6 Å². The van der Waals surface area contributed by atoms with Crippen molar-refractivity contribution in [2.45, 2.75) is 32.1 Å². The first kappa shape index (κ1) is 25.7. The van der Waals surface area contributed by atoms with Gasteiger partial charge in [-0.3, -0.25) is 4.79 Å². The number of amides is 1. The van der Waals surface area contributed by atoms with Gasteiger partial charge in [-0.05, 0) is 60.4 Å². The molecule has 0 aliphatic heterocycles. The molecule has 3 aromatic carbocycles. The summed E-state index contributed by atoms with van der Waals surface area (Å²) in [5.74, 6) is 0.445. The third-order valence-electron chi connectivity index (χ3n) is 6.49. The number of hydrogen-bond acceptors (Lipinski definition) is 4. The van der Waals surface area contributed by atoms with Gasteiger partial charge in [-0.2, -0.15) is 5.10 Å². The average molecular weight is 517 g/mol. The molecule has 0 saturated heterocycles. The van der Waals surface area contributed by atoms with E-state index in [1.165, 1.54) is 0 Å². The first-order valence-corrected chi connectivity index (χ1v) is 12.7. The Kier molecular flexibility index (Phi) is 7.67. The van der Waals surface area contributed by atoms with Gasteiger partial charge < -0.3 is 15.2 Å². The molecule has 2 unspecified atom stereocenters. The molecule has 0 bridgehead atoms. The van der Waals surface area contributed by atoms with E-state index in [-0.39, 0.29) is 11.9 Å². The third-order valence-corrected chi connectivity index (χ3v) is 6.49. The average Bonchev–Trinajstić information content (AvgIpc) is 3.38. The summed E-state index contributed by atoms with van der Waals surface area (Å²) < 4.78 is 7.41. The highest BCUT2D eigenvalue weighted by molar-refractivity contribution is 5.93. The zero-order valence-electron chi connectivity index (χ0n) is 21.5. The van der Waals surface area contributed by atoms with Crippen molar-refractivity contribution in [3.63, 3.8) is 0 Å². The molecule has 39 heavy (non-hydrogen) atoms. The molecule has 194 valence electrons. The van der Waals surface area contributed by atoms with Gasteiger partial charge in [-0.1, -0.05) is 72.8 Å². The molecule has 1 aliphatic rings. The number of allylic oxidation sites excluding steroid dienone is 2. The highest BCUT2D eigenvalue weighted by Gasteiger charge is 2.23. The number of nitrogens with zero attached hydrogens (tertiary/aromatic N) is 3. The van der Waals surface area contributed by atoms with Gasteiger partial charge in [0, 0.05) is 0 Å². The summed E-state index contributed by atoms with van der Waals surface area (Å²) in [4.78, 5) is 16.7. The van der Waals surface area contributed by atoms with Gasteiger partial charge in [0.15, 0.2) is 5.69 Å². The van der Waals surface area contributed by atoms with Crippen molar-refractivity contribution in [1.82, 2.24) is 15.1 Å². The highest BCUT2D eigenvalue weighted by Crippen LogP contribution is 2.29. The summed E-state index contributed by atoms with van der Waals surface area (Å²) in [5.41, 5.74) is 4.83. The van der Waals surface area contributed by atoms with E-state index in [9.17, 15) is 9.90 Å². The fourth-order valence-electron chi connectivity index (χ4n) is 4.50. The lowest BCUT2D eigenvalue weighted by atomic mass is 9.92. The fraction of sp³-hybridized carbons (Fsp3) is 0.156. The predicted molar refractivity (Wildman–Crippen MR) is 150 cm³/mol. The molecule has 0 saturated carbocycles. The number of carbonyl (C=O) groups is 1. The molecule has 2 atom stereocenters. The lowest BCUT2D eigenvalue weighted by Gasteiger charge is -2.23. The number of nitrogens with one attached hydrogen (secondary N) is 1. The van der Waals surface area contributed by atoms with E-state index in [4.69, 9.17) is 11.3 Å². The molecule has 2 N–H and O–H groups in total. The second kappa shape index (κ2) is 11.6. The summed E-state index contributed by atoms with van der Waals surface area (Å²) in [7, 11) is 0. The van der Waals surface area contributed by atoms with Crippen molar-refractivity contribution in [2.75, 3.05) is 0 Å². The van der Waals surface area contributed by atoms with E-state index < -0.39 is 6.10 Å². The molecule has 4 aromatic rings. The zero-order valence-corrected chi connectivity index (χ0v) is 21.5. The Morgan fingerprint density at radius 3 is 2.69 bits per heavy atom. The molecule has 0 radical (unpaired) electrons. The van der Waals surface area contributed by atoms with Gasteiger partial charge in [0.05, 0.1) is 24.0 Å². The van der Waals surface area contributed by atoms with Crippen LogP contribution in [0.5, 0.6) is 5.75 Å². The maximum Gasteiger partial charge on any atom is 0.270 e. The van der Waals surface area contributed by atoms with E-state index in [0.717, 1.165) is 22.4 Å². The van der Waals surface area contributed by atoms with Crippen molar-refractivity contribution in [3.8, 4) is 11.4 Å². The van der Waals surface area contributed by atoms with Gasteiger partial charge in [-0.15, -0.1) is 0 Å². The number of aromatic nitrogens is 2. The number of aryl methyl sites for hydroxylation is 1. The van der Waals surface area contributed by atoms with Gasteiger partial charge in [0.2, 0.25) is 0 Å². The Hall–Kier alpha value is -4.93. The zero-order chi connectivity index (χ0) is 27.2. The number of carbonyl (C=O) groups excluding carboxylic acids is 1. The van der Waals surface area contributed by atoms with Crippen molar-refractivity contribution in [1.29, 1.82) is 0 Å². The monoisotopic (exact) mass is 516 g/mol. The van der Waals surface area contributed by atoms with Crippen LogP contribution in [-0.4, -0.2) is 26.8 Å². The standard InChI is InChI=1S/C32H28N4O3/c1-22-18-30(36(35-22)28-13-7-11-26(20-28)33-2)32(38)34-27-12-6-10-25(19-27)31(37)24-14-16-29(17-15-24)39-21-23-8-4-3-5-9-23/h3-18,20,27,31,37H,19,21H2,1H3,(H,34,38). The van der Waals surface area contributed by atoms with Crippen LogP contribution in [0.1, 0.15) is 39.8 Å². The molecule has 0 spiro atoms. The Morgan fingerprint density at radius 1 is 1.13 bits per heavy atom. The lowest BCUT2D eigenvalue weighted by Crippen LogP contribution is -2.36. The number of aliphatic hydroxyl groups is 1. The van der Waals surface area contributed by atoms with Crippen molar-refractivity contribution in [2.24, 2.45) is 0 Å². The minimum absolute atomic E-state index is 0.283. The molecule has 7 heteroatoms. The first-order valence-electron chi connectivity index (χ1n) is 12.7. The Labute approximate surface area is 227 Å². The predicted octanol–water partition coefficient (Wildman–Crippen LogP) is 6.03. The fourth-order valence-corrected chi connectivity index (χ4v) is 4.50. The van der Waals surface area contributed by atoms with E-state index >= 15 is 0 Å². The SMILES string of the molecule is [C-]#[N+]c1cccc(-n2nc(C)cc2C(=O)NC2C=CC=C(C(O)c3ccc(OCc4ccccc4)cc3)C2)c1. The number of aliphatic hydroxyl groups excluding tert-OH is 1. The molecule has 1 aliphatic carbocycles.